The Balaban J connectivity index is 1.09. The van der Waals surface area contributed by atoms with Gasteiger partial charge in [-0.1, -0.05) is 206 Å². The van der Waals surface area contributed by atoms with E-state index < -0.39 is 10.8 Å². The molecule has 13 aromatic rings. The zero-order valence-corrected chi connectivity index (χ0v) is 40.0. The molecule has 4 nitrogen and oxygen atoms in total. The lowest BCUT2D eigenvalue weighted by Crippen LogP contribution is -2.28. The summed E-state index contributed by atoms with van der Waals surface area (Å²) in [6.45, 7) is 0. The molecule has 0 atom stereocenters. The van der Waals surface area contributed by atoms with Gasteiger partial charge in [-0.3, -0.25) is 0 Å². The fourth-order valence-electron chi connectivity index (χ4n) is 13.5. The highest BCUT2D eigenvalue weighted by Gasteiger charge is 2.48. The zero-order valence-electron chi connectivity index (χ0n) is 40.0. The summed E-state index contributed by atoms with van der Waals surface area (Å²) in [4.78, 5) is 0. The molecular formula is C70H42N4. The third-order valence-corrected chi connectivity index (χ3v) is 16.3. The van der Waals surface area contributed by atoms with Gasteiger partial charge in [0.1, 0.15) is 6.07 Å². The van der Waals surface area contributed by atoms with Gasteiger partial charge in [0.2, 0.25) is 0 Å². The zero-order chi connectivity index (χ0) is 49.1. The molecule has 2 aliphatic carbocycles. The van der Waals surface area contributed by atoms with E-state index in [9.17, 15) is 10.5 Å². The van der Waals surface area contributed by atoms with Gasteiger partial charge in [-0.15, -0.1) is 0 Å². The molecule has 0 saturated carbocycles. The Morgan fingerprint density at radius 1 is 0.297 bits per heavy atom. The van der Waals surface area contributed by atoms with Crippen LogP contribution in [0.25, 0.3) is 77.2 Å². The van der Waals surface area contributed by atoms with E-state index in [1.807, 2.05) is 6.07 Å². The number of hydrogen-bond acceptors (Lipinski definition) is 2. The first-order chi connectivity index (χ1) is 36.6. The minimum Gasteiger partial charge on any atom is -0.307 e. The van der Waals surface area contributed by atoms with Gasteiger partial charge in [0.25, 0.3) is 0 Å². The molecule has 2 aromatic heterocycles. The van der Waals surface area contributed by atoms with E-state index in [0.29, 0.717) is 16.8 Å². The topological polar surface area (TPSA) is 57.4 Å². The molecule has 2 heterocycles. The summed E-state index contributed by atoms with van der Waals surface area (Å²) in [6.07, 6.45) is 0. The molecule has 0 aliphatic heterocycles. The van der Waals surface area contributed by atoms with Gasteiger partial charge in [0, 0.05) is 21.5 Å². The van der Waals surface area contributed by atoms with Crippen molar-refractivity contribution in [2.24, 2.45) is 0 Å². The van der Waals surface area contributed by atoms with Gasteiger partial charge < -0.3 is 9.13 Å². The first-order valence-corrected chi connectivity index (χ1v) is 25.2. The summed E-state index contributed by atoms with van der Waals surface area (Å²) in [6, 6.07) is 96.9. The number of benzene rings is 11. The van der Waals surface area contributed by atoms with E-state index in [1.54, 1.807) is 6.07 Å². The average molecular weight is 939 g/mol. The smallest absolute Gasteiger partial charge is 0.101 e. The fourth-order valence-corrected chi connectivity index (χ4v) is 13.5. The molecule has 0 amide bonds. The van der Waals surface area contributed by atoms with Gasteiger partial charge in [-0.05, 0) is 115 Å². The molecule has 0 bridgehead atoms. The molecule has 15 rings (SSSR count). The second kappa shape index (κ2) is 15.7. The second-order valence-electron chi connectivity index (χ2n) is 19.7. The van der Waals surface area contributed by atoms with Crippen molar-refractivity contribution in [3.63, 3.8) is 0 Å². The summed E-state index contributed by atoms with van der Waals surface area (Å²) in [5.74, 6) is 0. The molecule has 74 heavy (non-hydrogen) atoms. The van der Waals surface area contributed by atoms with Gasteiger partial charge in [0.15, 0.2) is 0 Å². The predicted octanol–water partition coefficient (Wildman–Crippen LogP) is 16.4. The van der Waals surface area contributed by atoms with Crippen molar-refractivity contribution in [3.05, 3.63) is 310 Å². The second-order valence-corrected chi connectivity index (χ2v) is 19.7. The van der Waals surface area contributed by atoms with Crippen molar-refractivity contribution in [1.82, 2.24) is 9.13 Å². The van der Waals surface area contributed by atoms with Gasteiger partial charge >= 0.3 is 0 Å². The largest absolute Gasteiger partial charge is 0.307 e. The van der Waals surface area contributed by atoms with Crippen molar-refractivity contribution in [3.8, 4) is 45.8 Å². The Morgan fingerprint density at radius 2 is 0.689 bits per heavy atom. The molecule has 0 saturated heterocycles. The third kappa shape index (κ3) is 5.44. The van der Waals surface area contributed by atoms with Gasteiger partial charge in [0.05, 0.1) is 61.5 Å². The summed E-state index contributed by atoms with van der Waals surface area (Å²) in [7, 11) is 0. The number of fused-ring (bicyclic) bond motifs is 12. The van der Waals surface area contributed by atoms with Crippen LogP contribution in [0.4, 0.5) is 0 Å². The lowest BCUT2D eigenvalue weighted by Gasteiger charge is -2.34. The summed E-state index contributed by atoms with van der Waals surface area (Å²) in [5, 5.41) is 26.8. The van der Waals surface area contributed by atoms with E-state index in [-0.39, 0.29) is 0 Å². The van der Waals surface area contributed by atoms with Crippen molar-refractivity contribution in [1.29, 1.82) is 10.5 Å². The fraction of sp³-hybridized carbons (Fsp3) is 0.0286. The van der Waals surface area contributed by atoms with Crippen molar-refractivity contribution in [2.75, 3.05) is 0 Å². The van der Waals surface area contributed by atoms with Crippen LogP contribution >= 0.6 is 0 Å². The molecule has 11 aromatic carbocycles. The molecule has 342 valence electrons. The molecule has 4 heteroatoms. The molecule has 2 aliphatic rings. The van der Waals surface area contributed by atoms with Crippen LogP contribution in [0.2, 0.25) is 0 Å². The minimum atomic E-state index is -0.649. The Labute approximate surface area is 428 Å². The highest BCUT2D eigenvalue weighted by Crippen LogP contribution is 2.59. The Hall–Kier alpha value is -10.0. The van der Waals surface area contributed by atoms with Crippen LogP contribution in [0, 0.1) is 22.7 Å². The lowest BCUT2D eigenvalue weighted by atomic mass is 9.67. The molecular weight excluding hydrogens is 897 g/mol. The SMILES string of the molecule is N#Cc1cc(C#N)c(-n2c3ccccc3c3cc4c(cc32)C(c2ccccc2)(c2ccccc2)c2ccccc2-4)c(-n2c3ccccc3c3cc4c(cc32)C(c2ccccc2)(c2ccccc2)c2ccccc2-4)c1. The average Bonchev–Trinajstić information content (AvgIpc) is 4.18. The summed E-state index contributed by atoms with van der Waals surface area (Å²) < 4.78 is 4.64. The van der Waals surface area contributed by atoms with Crippen LogP contribution in [0.1, 0.15) is 55.6 Å². The molecule has 0 radical (unpaired) electrons. The lowest BCUT2D eigenvalue weighted by molar-refractivity contribution is 0.769. The number of hydrogen-bond donors (Lipinski definition) is 0. The summed E-state index contributed by atoms with van der Waals surface area (Å²) >= 11 is 0. The molecule has 0 N–H and O–H groups in total. The Bertz CT molecular complexity index is 4470. The van der Waals surface area contributed by atoms with Crippen LogP contribution in [0.5, 0.6) is 0 Å². The van der Waals surface area contributed by atoms with E-state index in [4.69, 9.17) is 0 Å². The first kappa shape index (κ1) is 41.8. The molecule has 0 unspecified atom stereocenters. The number of nitrogens with zero attached hydrogens (tertiary/aromatic N) is 4. The van der Waals surface area contributed by atoms with E-state index in [2.05, 4.69) is 264 Å². The first-order valence-electron chi connectivity index (χ1n) is 25.2. The molecule has 0 spiro atoms. The maximum atomic E-state index is 11.5. The van der Waals surface area contributed by atoms with E-state index in [0.717, 1.165) is 49.3 Å². The van der Waals surface area contributed by atoms with Crippen LogP contribution in [0.15, 0.2) is 255 Å². The van der Waals surface area contributed by atoms with Crippen LogP contribution < -0.4 is 0 Å². The monoisotopic (exact) mass is 938 g/mol. The normalized spacial score (nSPS) is 13.6. The van der Waals surface area contributed by atoms with Crippen molar-refractivity contribution >= 4 is 43.6 Å². The maximum Gasteiger partial charge on any atom is 0.101 e. The van der Waals surface area contributed by atoms with Crippen LogP contribution in [-0.2, 0) is 10.8 Å². The third-order valence-electron chi connectivity index (χ3n) is 16.3. The maximum absolute atomic E-state index is 11.5. The Kier molecular flexibility index (Phi) is 8.89. The summed E-state index contributed by atoms with van der Waals surface area (Å²) in [5.41, 5.74) is 19.2. The quantitative estimate of drug-likeness (QED) is 0.167. The number of para-hydroxylation sites is 2. The van der Waals surface area contributed by atoms with Crippen molar-refractivity contribution in [2.45, 2.75) is 10.8 Å². The number of rotatable bonds is 6. The van der Waals surface area contributed by atoms with E-state index >= 15 is 0 Å². The highest BCUT2D eigenvalue weighted by molar-refractivity contribution is 6.15. The molecule has 0 fully saturated rings. The van der Waals surface area contributed by atoms with E-state index in [1.165, 1.54) is 66.8 Å². The van der Waals surface area contributed by atoms with Crippen LogP contribution in [0.3, 0.4) is 0 Å². The predicted molar refractivity (Wildman–Crippen MR) is 299 cm³/mol. The Morgan fingerprint density at radius 3 is 1.14 bits per heavy atom. The standard InChI is InChI=1S/C70H42N4/c71-43-45-37-46(44-72)68(74-64-36-20-16-32-54(64)58-40-56-52-30-14-18-34-60(52)70(62(56)42-66(58)74,49-25-9-3-10-26-49)50-27-11-4-12-28-50)67(38-45)73-63-35-19-15-31-53(63)57-39-55-51-29-13-17-33-59(51)69(61(55)41-65(57)73,47-21-5-1-6-22-47)48-23-7-2-8-24-48/h1-42H. The van der Waals surface area contributed by atoms with Crippen LogP contribution in [-0.4, -0.2) is 9.13 Å². The minimum absolute atomic E-state index is 0.408. The van der Waals surface area contributed by atoms with Gasteiger partial charge in [-0.2, -0.15) is 10.5 Å². The number of aromatic nitrogens is 2. The number of nitriles is 2. The van der Waals surface area contributed by atoms with Gasteiger partial charge in [-0.25, -0.2) is 0 Å². The van der Waals surface area contributed by atoms with Crippen molar-refractivity contribution < 1.29 is 0 Å². The highest BCUT2D eigenvalue weighted by atomic mass is 15.1.